The molecule has 8 heteroatoms. The molecular weight excluding hydrogens is 434 g/mol. The predicted molar refractivity (Wildman–Crippen MR) is 106 cm³/mol. The fourth-order valence-electron chi connectivity index (χ4n) is 2.58. The molecule has 0 saturated carbocycles. The van der Waals surface area contributed by atoms with Crippen LogP contribution < -0.4 is 4.74 Å². The summed E-state index contributed by atoms with van der Waals surface area (Å²) in [4.78, 5) is 11.9. The van der Waals surface area contributed by atoms with E-state index in [9.17, 15) is 13.2 Å². The van der Waals surface area contributed by atoms with E-state index in [-0.39, 0.29) is 23.6 Å². The number of methoxy groups -OCH3 is 1. The Hall–Kier alpha value is -1.90. The highest BCUT2D eigenvalue weighted by molar-refractivity contribution is 9.10. The Morgan fingerprint density at radius 1 is 1.19 bits per heavy atom. The summed E-state index contributed by atoms with van der Waals surface area (Å²) in [6.07, 6.45) is 0. The molecule has 0 N–H and O–H groups in total. The molecule has 0 saturated heterocycles. The van der Waals surface area contributed by atoms with Gasteiger partial charge in [-0.05, 0) is 54.0 Å². The Morgan fingerprint density at radius 2 is 1.89 bits per heavy atom. The zero-order valence-corrected chi connectivity index (χ0v) is 18.1. The molecule has 0 aromatic heterocycles. The molecule has 0 fully saturated rings. The van der Waals surface area contributed by atoms with Crippen molar-refractivity contribution < 1.29 is 22.7 Å². The van der Waals surface area contributed by atoms with Gasteiger partial charge in [0, 0.05) is 23.6 Å². The SMILES string of the molecule is CCOC(=O)c1ccc(S(=O)(=O)N(C)Cc2cc(C)ccc2OC)c(Br)c1. The number of aryl methyl sites for hydroxylation is 1. The lowest BCUT2D eigenvalue weighted by molar-refractivity contribution is 0.0526. The highest BCUT2D eigenvalue weighted by atomic mass is 79.9. The van der Waals surface area contributed by atoms with Crippen LogP contribution >= 0.6 is 15.9 Å². The van der Waals surface area contributed by atoms with E-state index in [4.69, 9.17) is 9.47 Å². The average Bonchev–Trinajstić information content (AvgIpc) is 2.61. The van der Waals surface area contributed by atoms with E-state index in [0.717, 1.165) is 11.1 Å². The molecule has 0 bridgehead atoms. The van der Waals surface area contributed by atoms with Crippen molar-refractivity contribution in [2.75, 3.05) is 20.8 Å². The fourth-order valence-corrected chi connectivity index (χ4v) is 4.76. The molecule has 6 nitrogen and oxygen atoms in total. The van der Waals surface area contributed by atoms with Crippen molar-refractivity contribution in [3.05, 3.63) is 57.6 Å². The number of rotatable bonds is 7. The van der Waals surface area contributed by atoms with Gasteiger partial charge in [-0.2, -0.15) is 4.31 Å². The Bertz CT molecular complexity index is 943. The van der Waals surface area contributed by atoms with Crippen LogP contribution in [0.4, 0.5) is 0 Å². The second kappa shape index (κ2) is 8.86. The minimum absolute atomic E-state index is 0.0738. The second-order valence-corrected chi connectivity index (χ2v) is 8.81. The van der Waals surface area contributed by atoms with Crippen LogP contribution in [-0.2, 0) is 21.3 Å². The van der Waals surface area contributed by atoms with Gasteiger partial charge >= 0.3 is 5.97 Å². The number of ether oxygens (including phenoxy) is 2. The normalized spacial score (nSPS) is 11.5. The van der Waals surface area contributed by atoms with E-state index < -0.39 is 16.0 Å². The summed E-state index contributed by atoms with van der Waals surface area (Å²) in [5.74, 6) is 0.124. The minimum Gasteiger partial charge on any atom is -0.496 e. The molecule has 0 radical (unpaired) electrons. The Morgan fingerprint density at radius 3 is 2.48 bits per heavy atom. The molecule has 0 aliphatic carbocycles. The highest BCUT2D eigenvalue weighted by Crippen LogP contribution is 2.28. The zero-order chi connectivity index (χ0) is 20.2. The first-order chi connectivity index (χ1) is 12.7. The van der Waals surface area contributed by atoms with Gasteiger partial charge in [0.05, 0.1) is 24.2 Å². The van der Waals surface area contributed by atoms with Crippen molar-refractivity contribution in [2.24, 2.45) is 0 Å². The Labute approximate surface area is 168 Å². The van der Waals surface area contributed by atoms with Crippen molar-refractivity contribution in [2.45, 2.75) is 25.3 Å². The summed E-state index contributed by atoms with van der Waals surface area (Å²) in [7, 11) is -0.730. The molecule has 0 atom stereocenters. The number of carbonyl (C=O) groups is 1. The van der Waals surface area contributed by atoms with Gasteiger partial charge in [-0.1, -0.05) is 17.7 Å². The number of carbonyl (C=O) groups excluding carboxylic acids is 1. The summed E-state index contributed by atoms with van der Waals surface area (Å²) in [5, 5.41) is 0. The zero-order valence-electron chi connectivity index (χ0n) is 15.7. The van der Waals surface area contributed by atoms with Crippen molar-refractivity contribution >= 4 is 31.9 Å². The average molecular weight is 456 g/mol. The maximum atomic E-state index is 13.0. The van der Waals surface area contributed by atoms with Crippen LogP contribution in [0.5, 0.6) is 5.75 Å². The van der Waals surface area contributed by atoms with Crippen LogP contribution in [0.25, 0.3) is 0 Å². The summed E-state index contributed by atoms with van der Waals surface area (Å²) >= 11 is 3.26. The maximum Gasteiger partial charge on any atom is 0.338 e. The van der Waals surface area contributed by atoms with Crippen molar-refractivity contribution in [3.8, 4) is 5.75 Å². The third kappa shape index (κ3) is 4.88. The van der Waals surface area contributed by atoms with Gasteiger partial charge < -0.3 is 9.47 Å². The monoisotopic (exact) mass is 455 g/mol. The summed E-state index contributed by atoms with van der Waals surface area (Å²) < 4.78 is 37.8. The van der Waals surface area contributed by atoms with Gasteiger partial charge in [-0.25, -0.2) is 13.2 Å². The van der Waals surface area contributed by atoms with Crippen LogP contribution in [0.1, 0.15) is 28.4 Å². The number of esters is 1. The molecule has 146 valence electrons. The smallest absolute Gasteiger partial charge is 0.338 e. The van der Waals surface area contributed by atoms with Crippen LogP contribution in [-0.4, -0.2) is 39.5 Å². The largest absolute Gasteiger partial charge is 0.496 e. The van der Waals surface area contributed by atoms with Crippen LogP contribution in [0.15, 0.2) is 45.8 Å². The third-order valence-corrected chi connectivity index (χ3v) is 6.74. The Balaban J connectivity index is 2.32. The second-order valence-electron chi connectivity index (χ2n) is 5.94. The Kier molecular flexibility index (Phi) is 7.02. The number of benzene rings is 2. The molecule has 0 aliphatic rings. The molecule has 0 heterocycles. The lowest BCUT2D eigenvalue weighted by Crippen LogP contribution is -2.27. The first kappa shape index (κ1) is 21.4. The number of sulfonamides is 1. The van der Waals surface area contributed by atoms with Crippen LogP contribution in [0.2, 0.25) is 0 Å². The third-order valence-electron chi connectivity index (χ3n) is 3.96. The lowest BCUT2D eigenvalue weighted by Gasteiger charge is -2.20. The summed E-state index contributed by atoms with van der Waals surface area (Å²) in [6, 6.07) is 9.90. The van der Waals surface area contributed by atoms with Gasteiger partial charge in [0.1, 0.15) is 5.75 Å². The molecule has 0 aliphatic heterocycles. The number of nitrogens with zero attached hydrogens (tertiary/aromatic N) is 1. The van der Waals surface area contributed by atoms with Gasteiger partial charge in [0.25, 0.3) is 0 Å². The van der Waals surface area contributed by atoms with E-state index in [2.05, 4.69) is 15.9 Å². The quantitative estimate of drug-likeness (QED) is 0.594. The van der Waals surface area contributed by atoms with E-state index in [1.807, 2.05) is 25.1 Å². The van der Waals surface area contributed by atoms with Crippen LogP contribution in [0.3, 0.4) is 0 Å². The van der Waals surface area contributed by atoms with Gasteiger partial charge in [-0.15, -0.1) is 0 Å². The topological polar surface area (TPSA) is 72.9 Å². The standard InChI is InChI=1S/C19H22BrNO5S/c1-5-26-19(22)14-7-9-18(16(20)11-14)27(23,24)21(3)12-15-10-13(2)6-8-17(15)25-4/h6-11H,5,12H2,1-4H3. The van der Waals surface area contributed by atoms with E-state index >= 15 is 0 Å². The predicted octanol–water partition coefficient (Wildman–Crippen LogP) is 3.76. The van der Waals surface area contributed by atoms with Gasteiger partial charge in [0.2, 0.25) is 10.0 Å². The van der Waals surface area contributed by atoms with Crippen molar-refractivity contribution in [1.29, 1.82) is 0 Å². The molecule has 27 heavy (non-hydrogen) atoms. The maximum absolute atomic E-state index is 13.0. The first-order valence-electron chi connectivity index (χ1n) is 8.27. The summed E-state index contributed by atoms with van der Waals surface area (Å²) in [5.41, 5.74) is 2.06. The van der Waals surface area contributed by atoms with Crippen molar-refractivity contribution in [3.63, 3.8) is 0 Å². The number of halogens is 1. The molecule has 2 aromatic rings. The molecular formula is C19H22BrNO5S. The van der Waals surface area contributed by atoms with Crippen molar-refractivity contribution in [1.82, 2.24) is 4.31 Å². The minimum atomic E-state index is -3.78. The van der Waals surface area contributed by atoms with E-state index in [1.165, 1.54) is 29.6 Å². The van der Waals surface area contributed by atoms with E-state index in [0.29, 0.717) is 10.2 Å². The first-order valence-corrected chi connectivity index (χ1v) is 10.5. The van der Waals surface area contributed by atoms with Gasteiger partial charge in [-0.3, -0.25) is 0 Å². The number of hydrogen-bond donors (Lipinski definition) is 0. The molecule has 0 spiro atoms. The number of hydrogen-bond acceptors (Lipinski definition) is 5. The molecule has 2 rings (SSSR count). The van der Waals surface area contributed by atoms with Gasteiger partial charge in [0.15, 0.2) is 0 Å². The van der Waals surface area contributed by atoms with Crippen LogP contribution in [0, 0.1) is 6.92 Å². The summed E-state index contributed by atoms with van der Waals surface area (Å²) in [6.45, 7) is 4.04. The fraction of sp³-hybridized carbons (Fsp3) is 0.316. The highest BCUT2D eigenvalue weighted by Gasteiger charge is 2.25. The lowest BCUT2D eigenvalue weighted by atomic mass is 10.1. The molecule has 0 unspecified atom stereocenters. The molecule has 2 aromatic carbocycles. The van der Waals surface area contributed by atoms with E-state index in [1.54, 1.807) is 14.0 Å². The molecule has 0 amide bonds.